The number of carbonyl (C=O) groups is 1. The topological polar surface area (TPSA) is 75.6 Å². The number of benzene rings is 2. The van der Waals surface area contributed by atoms with Crippen molar-refractivity contribution in [3.05, 3.63) is 105 Å². The number of aliphatic imine (C=N–C) groups is 1. The van der Waals surface area contributed by atoms with Crippen molar-refractivity contribution >= 4 is 17.2 Å². The summed E-state index contributed by atoms with van der Waals surface area (Å²) in [6.07, 6.45) is 7.08. The number of nitrogens with zero attached hydrogens (tertiary/aromatic N) is 1. The first-order valence-electron chi connectivity index (χ1n) is 11.7. The molecule has 0 saturated carbocycles. The van der Waals surface area contributed by atoms with Gasteiger partial charge < -0.3 is 23.7 Å². The second-order valence-corrected chi connectivity index (χ2v) is 7.74. The molecule has 3 rings (SSSR count). The van der Waals surface area contributed by atoms with Crippen LogP contribution >= 0.6 is 0 Å². The molecule has 0 N–H and O–H groups in total. The molecule has 2 aromatic rings. The van der Waals surface area contributed by atoms with E-state index in [-0.39, 0.29) is 32.2 Å². The molecule has 0 aliphatic carbocycles. The van der Waals surface area contributed by atoms with Crippen LogP contribution in [-0.4, -0.2) is 50.6 Å². The van der Waals surface area contributed by atoms with Crippen LogP contribution < -0.4 is 18.9 Å². The Bertz CT molecular complexity index is 1210. The van der Waals surface area contributed by atoms with E-state index in [0.717, 1.165) is 0 Å². The van der Waals surface area contributed by atoms with Crippen LogP contribution in [0.2, 0.25) is 0 Å². The predicted octanol–water partition coefficient (Wildman–Crippen LogP) is 5.83. The van der Waals surface area contributed by atoms with Gasteiger partial charge in [-0.3, -0.25) is 4.79 Å². The number of hydrogen-bond donors (Lipinski definition) is 0. The maximum atomic E-state index is 13.8. The third-order valence-electron chi connectivity index (χ3n) is 5.09. The summed E-state index contributed by atoms with van der Waals surface area (Å²) in [6, 6.07) is 8.66. The van der Waals surface area contributed by atoms with Crippen LogP contribution in [0.3, 0.4) is 0 Å². The molecule has 0 fully saturated rings. The average molecular weight is 502 g/mol. The van der Waals surface area contributed by atoms with Crippen molar-refractivity contribution in [3.8, 4) is 23.0 Å². The highest BCUT2D eigenvalue weighted by Crippen LogP contribution is 2.40. The Hall–Kier alpha value is -4.36. The molecule has 0 aromatic heterocycles. The number of ether oxygens (including phenoxy) is 5. The SMILES string of the molecule is C=CCOc1cc2c(c(OCC=C)c1)C(=O)C(OCC=C)C(c1ccc(OCC=C)c(OCC=C)c1)=N2. The van der Waals surface area contributed by atoms with Gasteiger partial charge in [0.15, 0.2) is 17.6 Å². The van der Waals surface area contributed by atoms with Crippen molar-refractivity contribution < 1.29 is 28.5 Å². The summed E-state index contributed by atoms with van der Waals surface area (Å²) in [4.78, 5) is 18.6. The summed E-state index contributed by atoms with van der Waals surface area (Å²) in [5, 5.41) is 0. The molecule has 192 valence electrons. The Balaban J connectivity index is 2.17. The molecule has 1 atom stereocenters. The number of fused-ring (bicyclic) bond motifs is 1. The number of Topliss-reactive ketones (excluding diaryl/α,β-unsaturated/α-hetero) is 1. The van der Waals surface area contributed by atoms with E-state index in [1.54, 1.807) is 60.7 Å². The van der Waals surface area contributed by atoms with Gasteiger partial charge in [-0.05, 0) is 18.2 Å². The smallest absolute Gasteiger partial charge is 0.203 e. The zero-order valence-electron chi connectivity index (χ0n) is 20.8. The number of hydrogen-bond acceptors (Lipinski definition) is 7. The van der Waals surface area contributed by atoms with Gasteiger partial charge in [0.05, 0.1) is 23.6 Å². The fraction of sp³-hybridized carbons (Fsp3) is 0.200. The van der Waals surface area contributed by atoms with Crippen molar-refractivity contribution in [1.29, 1.82) is 0 Å². The Morgan fingerprint density at radius 1 is 0.703 bits per heavy atom. The minimum absolute atomic E-state index is 0.147. The molecule has 1 heterocycles. The Kier molecular flexibility index (Phi) is 10.0. The Morgan fingerprint density at radius 3 is 1.95 bits per heavy atom. The van der Waals surface area contributed by atoms with Gasteiger partial charge in [0.25, 0.3) is 0 Å². The summed E-state index contributed by atoms with van der Waals surface area (Å²) in [5.74, 6) is 1.52. The predicted molar refractivity (Wildman–Crippen MR) is 146 cm³/mol. The van der Waals surface area contributed by atoms with E-state index in [1.807, 2.05) is 0 Å². The first-order valence-corrected chi connectivity index (χ1v) is 11.7. The van der Waals surface area contributed by atoms with Crippen molar-refractivity contribution in [1.82, 2.24) is 0 Å². The average Bonchev–Trinajstić information content (AvgIpc) is 2.91. The summed E-state index contributed by atoms with van der Waals surface area (Å²) in [7, 11) is 0. The highest BCUT2D eigenvalue weighted by molar-refractivity contribution is 6.26. The van der Waals surface area contributed by atoms with Gasteiger partial charge in [0, 0.05) is 17.7 Å². The summed E-state index contributed by atoms with van der Waals surface area (Å²) in [6.45, 7) is 19.7. The standard InChI is InChI=1S/C30H31NO6/c1-6-13-33-22-19-23-27(26(20-22)36-16-9-4)29(32)30(37-17-10-5)28(31-23)21-11-12-24(34-14-7-2)25(18-21)35-15-8-3/h6-12,18-20,30H,1-5,13-17H2. The minimum atomic E-state index is -0.997. The van der Waals surface area contributed by atoms with Gasteiger partial charge >= 0.3 is 0 Å². The summed E-state index contributed by atoms with van der Waals surface area (Å²) >= 11 is 0. The maximum absolute atomic E-state index is 13.8. The van der Waals surface area contributed by atoms with Gasteiger partial charge in [-0.25, -0.2) is 4.99 Å². The molecule has 1 aliphatic rings. The van der Waals surface area contributed by atoms with E-state index >= 15 is 0 Å². The molecule has 7 heteroatoms. The van der Waals surface area contributed by atoms with E-state index in [1.165, 1.54) is 0 Å². The minimum Gasteiger partial charge on any atom is -0.489 e. The fourth-order valence-electron chi connectivity index (χ4n) is 3.59. The van der Waals surface area contributed by atoms with Gasteiger partial charge in [-0.1, -0.05) is 56.7 Å². The second kappa shape index (κ2) is 13.7. The lowest BCUT2D eigenvalue weighted by atomic mass is 9.92. The first-order chi connectivity index (χ1) is 18.1. The maximum Gasteiger partial charge on any atom is 0.203 e. The van der Waals surface area contributed by atoms with Gasteiger partial charge in [-0.2, -0.15) is 0 Å². The molecule has 0 bridgehead atoms. The number of rotatable bonds is 16. The Morgan fingerprint density at radius 2 is 1.30 bits per heavy atom. The molecule has 2 aromatic carbocycles. The highest BCUT2D eigenvalue weighted by Gasteiger charge is 2.36. The Labute approximate surface area is 217 Å². The largest absolute Gasteiger partial charge is 0.489 e. The van der Waals surface area contributed by atoms with E-state index in [2.05, 4.69) is 32.9 Å². The van der Waals surface area contributed by atoms with Crippen LogP contribution in [0.1, 0.15) is 15.9 Å². The van der Waals surface area contributed by atoms with Crippen molar-refractivity contribution in [2.24, 2.45) is 4.99 Å². The molecule has 1 unspecified atom stereocenters. The van der Waals surface area contributed by atoms with E-state index < -0.39 is 6.10 Å². The summed E-state index contributed by atoms with van der Waals surface area (Å²) in [5.41, 5.74) is 1.75. The lowest BCUT2D eigenvalue weighted by Crippen LogP contribution is -2.36. The van der Waals surface area contributed by atoms with Crippen molar-refractivity contribution in [2.45, 2.75) is 6.10 Å². The van der Waals surface area contributed by atoms with Crippen molar-refractivity contribution in [3.63, 3.8) is 0 Å². The molecule has 0 spiro atoms. The number of carbonyl (C=O) groups excluding carboxylic acids is 1. The molecule has 0 amide bonds. The monoisotopic (exact) mass is 501 g/mol. The summed E-state index contributed by atoms with van der Waals surface area (Å²) < 4.78 is 29.0. The molecule has 0 radical (unpaired) electrons. The van der Waals surface area contributed by atoms with Gasteiger partial charge in [0.1, 0.15) is 37.9 Å². The molecule has 37 heavy (non-hydrogen) atoms. The zero-order valence-corrected chi connectivity index (χ0v) is 20.8. The molecule has 7 nitrogen and oxygen atoms in total. The van der Waals surface area contributed by atoms with E-state index in [9.17, 15) is 4.79 Å². The molecular weight excluding hydrogens is 470 g/mol. The lowest BCUT2D eigenvalue weighted by Gasteiger charge is -2.26. The normalized spacial score (nSPS) is 14.0. The molecular formula is C30H31NO6. The third-order valence-corrected chi connectivity index (χ3v) is 5.09. The van der Waals surface area contributed by atoms with Gasteiger partial charge in [-0.15, -0.1) is 6.58 Å². The van der Waals surface area contributed by atoms with Crippen LogP contribution in [0.25, 0.3) is 0 Å². The van der Waals surface area contributed by atoms with Crippen molar-refractivity contribution in [2.75, 3.05) is 33.0 Å². The highest BCUT2D eigenvalue weighted by atomic mass is 16.5. The lowest BCUT2D eigenvalue weighted by molar-refractivity contribution is 0.0685. The molecule has 0 saturated heterocycles. The van der Waals surface area contributed by atoms with Crippen LogP contribution in [0.4, 0.5) is 5.69 Å². The molecule has 1 aliphatic heterocycles. The quantitative estimate of drug-likeness (QED) is 0.269. The first kappa shape index (κ1) is 27.2. The van der Waals surface area contributed by atoms with Crippen LogP contribution in [0.15, 0.2) is 98.6 Å². The van der Waals surface area contributed by atoms with E-state index in [0.29, 0.717) is 52.1 Å². The van der Waals surface area contributed by atoms with Gasteiger partial charge in [0.2, 0.25) is 5.78 Å². The van der Waals surface area contributed by atoms with Crippen LogP contribution in [-0.2, 0) is 4.74 Å². The second-order valence-electron chi connectivity index (χ2n) is 7.74. The van der Waals surface area contributed by atoms with Crippen LogP contribution in [0, 0.1) is 0 Å². The fourth-order valence-corrected chi connectivity index (χ4v) is 3.59. The van der Waals surface area contributed by atoms with Crippen LogP contribution in [0.5, 0.6) is 23.0 Å². The van der Waals surface area contributed by atoms with E-state index in [4.69, 9.17) is 28.7 Å². The number of ketones is 1. The third kappa shape index (κ3) is 6.65. The zero-order chi connectivity index (χ0) is 26.6.